The maximum absolute atomic E-state index is 11.7. The van der Waals surface area contributed by atoms with E-state index in [2.05, 4.69) is 0 Å². The third-order valence-electron chi connectivity index (χ3n) is 3.15. The second kappa shape index (κ2) is 8.54. The summed E-state index contributed by atoms with van der Waals surface area (Å²) >= 11 is 0. The lowest BCUT2D eigenvalue weighted by Crippen LogP contribution is -2.29. The summed E-state index contributed by atoms with van der Waals surface area (Å²) in [5, 5.41) is 0. The van der Waals surface area contributed by atoms with Crippen molar-refractivity contribution in [2.45, 2.75) is 6.92 Å². The number of nitrogens with zero attached hydrogens (tertiary/aromatic N) is 1. The number of ether oxygens (including phenoxy) is 1. The fourth-order valence-corrected chi connectivity index (χ4v) is 2.01. The van der Waals surface area contributed by atoms with Crippen LogP contribution in [0.4, 0.5) is 4.79 Å². The Labute approximate surface area is 136 Å². The fourth-order valence-electron chi connectivity index (χ4n) is 2.01. The number of rotatable bonds is 2. The van der Waals surface area contributed by atoms with Crippen molar-refractivity contribution in [1.82, 2.24) is 4.90 Å². The molecular formula is C19H19NO3. The van der Waals surface area contributed by atoms with Crippen molar-refractivity contribution in [1.29, 1.82) is 0 Å². The highest BCUT2D eigenvalue weighted by molar-refractivity contribution is 6.01. The first kappa shape index (κ1) is 16.5. The number of carbonyl (C=O) groups excluding carboxylic acids is 2. The van der Waals surface area contributed by atoms with Crippen molar-refractivity contribution in [2.24, 2.45) is 0 Å². The zero-order valence-corrected chi connectivity index (χ0v) is 13.0. The smallest absolute Gasteiger partial charge is 0.416 e. The molecule has 118 valence electrons. The molecule has 0 spiro atoms. The van der Waals surface area contributed by atoms with Gasteiger partial charge in [0.1, 0.15) is 6.61 Å². The molecule has 0 radical (unpaired) electrons. The molecule has 1 aliphatic rings. The second-order valence-electron chi connectivity index (χ2n) is 5.01. The largest absolute Gasteiger partial charge is 0.447 e. The minimum Gasteiger partial charge on any atom is -0.447 e. The van der Waals surface area contributed by atoms with Crippen LogP contribution >= 0.6 is 0 Å². The average molecular weight is 309 g/mol. The molecule has 3 rings (SSSR count). The van der Waals surface area contributed by atoms with Gasteiger partial charge in [0.05, 0.1) is 6.54 Å². The van der Waals surface area contributed by atoms with Crippen LogP contribution in [0.5, 0.6) is 0 Å². The Morgan fingerprint density at radius 2 is 1.74 bits per heavy atom. The van der Waals surface area contributed by atoms with Crippen LogP contribution in [0.1, 0.15) is 11.1 Å². The van der Waals surface area contributed by atoms with Crippen LogP contribution in [0, 0.1) is 6.92 Å². The first-order chi connectivity index (χ1) is 11.2. The quantitative estimate of drug-likeness (QED) is 0.795. The first-order valence-electron chi connectivity index (χ1n) is 7.40. The molecular weight excluding hydrogens is 290 g/mol. The molecule has 2 aromatic rings. The van der Waals surface area contributed by atoms with Gasteiger partial charge in [-0.05, 0) is 18.6 Å². The maximum Gasteiger partial charge on any atom is 0.416 e. The van der Waals surface area contributed by atoms with E-state index in [4.69, 9.17) is 4.74 Å². The number of imide groups is 1. The van der Waals surface area contributed by atoms with Gasteiger partial charge in [-0.1, -0.05) is 66.2 Å². The van der Waals surface area contributed by atoms with Crippen LogP contribution in [-0.2, 0) is 9.53 Å². The zero-order chi connectivity index (χ0) is 16.5. The minimum absolute atomic E-state index is 0.281. The lowest BCUT2D eigenvalue weighted by Gasteiger charge is -2.06. The monoisotopic (exact) mass is 309 g/mol. The summed E-state index contributed by atoms with van der Waals surface area (Å²) in [6.07, 6.45) is 2.52. The van der Waals surface area contributed by atoms with Gasteiger partial charge in [-0.3, -0.25) is 4.79 Å². The number of hydrogen-bond acceptors (Lipinski definition) is 3. The van der Waals surface area contributed by atoms with E-state index in [9.17, 15) is 9.59 Å². The van der Waals surface area contributed by atoms with E-state index in [1.807, 2.05) is 67.6 Å². The molecule has 2 amide bonds. The van der Waals surface area contributed by atoms with Crippen molar-refractivity contribution in [3.63, 3.8) is 0 Å². The lowest BCUT2D eigenvalue weighted by molar-refractivity contribution is -0.122. The van der Waals surface area contributed by atoms with E-state index in [0.717, 1.165) is 16.0 Å². The Kier molecular flexibility index (Phi) is 6.12. The van der Waals surface area contributed by atoms with Crippen molar-refractivity contribution in [3.8, 4) is 0 Å². The Bertz CT molecular complexity index is 653. The molecule has 1 aliphatic heterocycles. The molecule has 0 saturated carbocycles. The molecule has 4 heteroatoms. The predicted octanol–water partition coefficient (Wildman–Crippen LogP) is 3.67. The Balaban J connectivity index is 0.000000268. The Hall–Kier alpha value is -2.88. The van der Waals surface area contributed by atoms with Crippen molar-refractivity contribution in [2.75, 3.05) is 13.2 Å². The van der Waals surface area contributed by atoms with Crippen molar-refractivity contribution < 1.29 is 14.3 Å². The van der Waals surface area contributed by atoms with Gasteiger partial charge in [0.15, 0.2) is 0 Å². The van der Waals surface area contributed by atoms with Crippen LogP contribution < -0.4 is 0 Å². The second-order valence-corrected chi connectivity index (χ2v) is 5.01. The van der Waals surface area contributed by atoms with E-state index >= 15 is 0 Å². The summed E-state index contributed by atoms with van der Waals surface area (Å²) in [5.74, 6) is -0.339. The van der Waals surface area contributed by atoms with Crippen LogP contribution in [0.15, 0.2) is 66.7 Å². The van der Waals surface area contributed by atoms with Crippen molar-refractivity contribution >= 4 is 18.1 Å². The van der Waals surface area contributed by atoms with E-state index < -0.39 is 6.09 Å². The SMILES string of the molecule is Cc1cccc(/C=C/C(=O)N2CCOC2=O)c1.c1ccccc1. The maximum atomic E-state index is 11.7. The van der Waals surface area contributed by atoms with Gasteiger partial charge in [-0.25, -0.2) is 9.69 Å². The number of aryl methyl sites for hydroxylation is 1. The molecule has 0 aromatic heterocycles. The topological polar surface area (TPSA) is 46.6 Å². The highest BCUT2D eigenvalue weighted by atomic mass is 16.6. The Morgan fingerprint density at radius 1 is 1.09 bits per heavy atom. The number of hydrogen-bond donors (Lipinski definition) is 0. The van der Waals surface area contributed by atoms with Gasteiger partial charge in [0, 0.05) is 6.08 Å². The zero-order valence-electron chi connectivity index (χ0n) is 13.0. The summed E-state index contributed by atoms with van der Waals surface area (Å²) in [6, 6.07) is 19.8. The van der Waals surface area contributed by atoms with Gasteiger partial charge >= 0.3 is 6.09 Å². The van der Waals surface area contributed by atoms with E-state index in [-0.39, 0.29) is 12.5 Å². The van der Waals surface area contributed by atoms with Gasteiger partial charge < -0.3 is 4.74 Å². The molecule has 0 N–H and O–H groups in total. The van der Waals surface area contributed by atoms with Gasteiger partial charge in [-0.2, -0.15) is 0 Å². The number of benzene rings is 2. The molecule has 0 atom stereocenters. The summed E-state index contributed by atoms with van der Waals surface area (Å²) in [7, 11) is 0. The molecule has 1 fully saturated rings. The fraction of sp³-hybridized carbons (Fsp3) is 0.158. The molecule has 1 saturated heterocycles. The predicted molar refractivity (Wildman–Crippen MR) is 89.7 cm³/mol. The van der Waals surface area contributed by atoms with Crippen LogP contribution in [0.25, 0.3) is 6.08 Å². The highest BCUT2D eigenvalue weighted by Gasteiger charge is 2.26. The van der Waals surface area contributed by atoms with Crippen LogP contribution in [-0.4, -0.2) is 30.1 Å². The molecule has 0 bridgehead atoms. The number of amides is 2. The first-order valence-corrected chi connectivity index (χ1v) is 7.40. The number of cyclic esters (lactones) is 1. The molecule has 2 aromatic carbocycles. The molecule has 1 heterocycles. The molecule has 23 heavy (non-hydrogen) atoms. The summed E-state index contributed by atoms with van der Waals surface area (Å²) in [4.78, 5) is 23.9. The number of carbonyl (C=O) groups is 2. The summed E-state index contributed by atoms with van der Waals surface area (Å²) in [6.45, 7) is 2.59. The summed E-state index contributed by atoms with van der Waals surface area (Å²) in [5.41, 5.74) is 2.06. The van der Waals surface area contributed by atoms with Gasteiger partial charge in [0.2, 0.25) is 0 Å². The molecule has 0 unspecified atom stereocenters. The normalized spacial score (nSPS) is 13.4. The summed E-state index contributed by atoms with van der Waals surface area (Å²) < 4.78 is 4.69. The van der Waals surface area contributed by atoms with Crippen molar-refractivity contribution in [3.05, 3.63) is 77.9 Å². The van der Waals surface area contributed by atoms with Crippen LogP contribution in [0.3, 0.4) is 0 Å². The van der Waals surface area contributed by atoms with E-state index in [0.29, 0.717) is 6.54 Å². The van der Waals surface area contributed by atoms with Crippen LogP contribution in [0.2, 0.25) is 0 Å². The van der Waals surface area contributed by atoms with E-state index in [1.54, 1.807) is 6.08 Å². The minimum atomic E-state index is -0.566. The Morgan fingerprint density at radius 3 is 2.26 bits per heavy atom. The van der Waals surface area contributed by atoms with Gasteiger partial charge in [0.25, 0.3) is 5.91 Å². The highest BCUT2D eigenvalue weighted by Crippen LogP contribution is 2.08. The average Bonchev–Trinajstić information content (AvgIpc) is 3.01. The molecule has 0 aliphatic carbocycles. The molecule has 4 nitrogen and oxygen atoms in total. The third kappa shape index (κ3) is 5.43. The lowest BCUT2D eigenvalue weighted by atomic mass is 10.1. The standard InChI is InChI=1S/C13H13NO3.C6H6/c1-10-3-2-4-11(9-10)5-6-12(15)14-7-8-17-13(14)16;1-2-4-6-5-3-1/h2-6,9H,7-8H2,1H3;1-6H/b6-5+;. The van der Waals surface area contributed by atoms with E-state index in [1.165, 1.54) is 6.08 Å². The van der Waals surface area contributed by atoms with Gasteiger partial charge in [-0.15, -0.1) is 0 Å². The third-order valence-corrected chi connectivity index (χ3v) is 3.15.